The zero-order valence-corrected chi connectivity index (χ0v) is 26.2. The average Bonchev–Trinajstić information content (AvgIpc) is 3.41. The molecule has 1 amide bonds. The van der Waals surface area contributed by atoms with Gasteiger partial charge in [0.15, 0.2) is 0 Å². The zero-order chi connectivity index (χ0) is 32.2. The van der Waals surface area contributed by atoms with Gasteiger partial charge < -0.3 is 48.7 Å². The molecule has 0 aromatic heterocycles. The largest absolute Gasteiger partial charge is 0.491 e. The van der Waals surface area contributed by atoms with Crippen LogP contribution in [0, 0.1) is 0 Å². The van der Waals surface area contributed by atoms with Crippen LogP contribution in [0.3, 0.4) is 0 Å². The smallest absolute Gasteiger partial charge is 0.407 e. The molecule has 0 fully saturated rings. The molecule has 0 radical (unpaired) electrons. The minimum Gasteiger partial charge on any atom is -0.491 e. The summed E-state index contributed by atoms with van der Waals surface area (Å²) >= 11 is 0. The summed E-state index contributed by atoms with van der Waals surface area (Å²) in [6.45, 7) is 5.07. The summed E-state index contributed by atoms with van der Waals surface area (Å²) in [5, 5.41) is 21.3. The minimum absolute atomic E-state index is 0.0341. The number of hydrogen-bond donors (Lipinski definition) is 3. The topological polar surface area (TPSA) is 134 Å². The van der Waals surface area contributed by atoms with E-state index in [4.69, 9.17) is 33.2 Å². The Balaban J connectivity index is 0.891. The number of hydrogen-bond acceptors (Lipinski definition) is 10. The Labute approximate surface area is 270 Å². The molecular weight excluding hydrogens is 594 g/mol. The quantitative estimate of drug-likeness (QED) is 0.132. The summed E-state index contributed by atoms with van der Waals surface area (Å²) in [6, 6.07) is 21.7. The predicted octanol–water partition coefficient (Wildman–Crippen LogP) is 3.67. The Morgan fingerprint density at radius 2 is 1.07 bits per heavy atom. The van der Waals surface area contributed by atoms with E-state index < -0.39 is 6.09 Å². The Hall–Kier alpha value is -3.55. The van der Waals surface area contributed by atoms with E-state index in [0.29, 0.717) is 96.1 Å². The molecule has 1 aliphatic carbocycles. The molecule has 46 heavy (non-hydrogen) atoms. The number of aliphatic hydroxyl groups excluding tert-OH is 2. The van der Waals surface area contributed by atoms with Gasteiger partial charge in [0, 0.05) is 12.5 Å². The third kappa shape index (κ3) is 11.7. The fourth-order valence-electron chi connectivity index (χ4n) is 5.07. The molecule has 0 heterocycles. The van der Waals surface area contributed by atoms with Crippen molar-refractivity contribution in [3.05, 3.63) is 89.0 Å². The molecule has 0 saturated carbocycles. The van der Waals surface area contributed by atoms with Crippen LogP contribution in [0.4, 0.5) is 4.79 Å². The van der Waals surface area contributed by atoms with Crippen molar-refractivity contribution in [1.82, 2.24) is 5.32 Å². The summed E-state index contributed by atoms with van der Waals surface area (Å²) in [6.07, 6.45) is -0.458. The molecule has 250 valence electrons. The van der Waals surface area contributed by atoms with Crippen LogP contribution >= 0.6 is 0 Å². The van der Waals surface area contributed by atoms with Crippen molar-refractivity contribution in [2.45, 2.75) is 19.1 Å². The first kappa shape index (κ1) is 35.3. The van der Waals surface area contributed by atoms with Crippen LogP contribution in [-0.4, -0.2) is 102 Å². The van der Waals surface area contributed by atoms with E-state index in [1.54, 1.807) is 18.2 Å². The van der Waals surface area contributed by atoms with Crippen molar-refractivity contribution < 1.29 is 48.2 Å². The summed E-state index contributed by atoms with van der Waals surface area (Å²) in [5.74, 6) is 0.622. The molecule has 0 atom stereocenters. The lowest BCUT2D eigenvalue weighted by atomic mass is 9.98. The highest BCUT2D eigenvalue weighted by molar-refractivity contribution is 5.79. The van der Waals surface area contributed by atoms with Gasteiger partial charge in [-0.1, -0.05) is 54.6 Å². The molecule has 0 spiro atoms. The van der Waals surface area contributed by atoms with Crippen LogP contribution in [0.2, 0.25) is 0 Å². The van der Waals surface area contributed by atoms with Crippen molar-refractivity contribution in [2.75, 3.05) is 85.8 Å². The van der Waals surface area contributed by atoms with Crippen molar-refractivity contribution >= 4 is 6.09 Å². The molecule has 0 bridgehead atoms. The fraction of sp³-hybridized carbons (Fsp3) is 0.457. The lowest BCUT2D eigenvalue weighted by Gasteiger charge is -2.14. The van der Waals surface area contributed by atoms with Crippen LogP contribution in [0.15, 0.2) is 66.7 Å². The SMILES string of the molecule is O=C(NCCOCCOCCOCCOCCOCCOc1cc(CO)cc(CO)c1)OCC1c2ccccc2-c2ccccc21. The second-order valence-corrected chi connectivity index (χ2v) is 10.5. The number of aliphatic hydroxyl groups is 2. The number of nitrogens with one attached hydrogen (secondary N) is 1. The predicted molar refractivity (Wildman–Crippen MR) is 171 cm³/mol. The van der Waals surface area contributed by atoms with Gasteiger partial charge in [0.1, 0.15) is 19.0 Å². The number of carbonyl (C=O) groups excluding carboxylic acids is 1. The number of rotatable bonds is 23. The van der Waals surface area contributed by atoms with Gasteiger partial charge in [0.2, 0.25) is 0 Å². The first-order valence-corrected chi connectivity index (χ1v) is 15.6. The van der Waals surface area contributed by atoms with Gasteiger partial charge in [-0.15, -0.1) is 0 Å². The number of amides is 1. The lowest BCUT2D eigenvalue weighted by molar-refractivity contribution is -0.0125. The summed E-state index contributed by atoms with van der Waals surface area (Å²) in [4.78, 5) is 12.2. The van der Waals surface area contributed by atoms with E-state index in [1.807, 2.05) is 24.3 Å². The van der Waals surface area contributed by atoms with Gasteiger partial charge in [0.05, 0.1) is 79.3 Å². The Morgan fingerprint density at radius 3 is 1.57 bits per heavy atom. The molecule has 0 unspecified atom stereocenters. The third-order valence-electron chi connectivity index (χ3n) is 7.24. The van der Waals surface area contributed by atoms with Gasteiger partial charge in [-0.2, -0.15) is 0 Å². The number of carbonyl (C=O) groups is 1. The van der Waals surface area contributed by atoms with Crippen LogP contribution in [0.5, 0.6) is 5.75 Å². The number of fused-ring (bicyclic) bond motifs is 3. The molecule has 0 aliphatic heterocycles. The van der Waals surface area contributed by atoms with Gasteiger partial charge in [0.25, 0.3) is 0 Å². The van der Waals surface area contributed by atoms with Crippen molar-refractivity contribution in [3.63, 3.8) is 0 Å². The molecule has 3 aromatic rings. The first-order valence-electron chi connectivity index (χ1n) is 15.6. The normalized spacial score (nSPS) is 12.1. The average molecular weight is 640 g/mol. The highest BCUT2D eigenvalue weighted by Gasteiger charge is 2.28. The Kier molecular flexibility index (Phi) is 15.8. The maximum Gasteiger partial charge on any atom is 0.407 e. The number of benzene rings is 3. The van der Waals surface area contributed by atoms with Crippen LogP contribution in [0.25, 0.3) is 11.1 Å². The maximum atomic E-state index is 12.2. The van der Waals surface area contributed by atoms with Crippen molar-refractivity contribution in [2.24, 2.45) is 0 Å². The molecule has 1 aliphatic rings. The number of alkyl carbamates (subject to hydrolysis) is 1. The second kappa shape index (κ2) is 20.5. The van der Waals surface area contributed by atoms with Gasteiger partial charge in [-0.3, -0.25) is 0 Å². The van der Waals surface area contributed by atoms with Gasteiger partial charge >= 0.3 is 6.09 Å². The summed E-state index contributed by atoms with van der Waals surface area (Å²) < 4.78 is 38.6. The van der Waals surface area contributed by atoms with Crippen molar-refractivity contribution in [1.29, 1.82) is 0 Å². The molecule has 0 saturated heterocycles. The highest BCUT2D eigenvalue weighted by Crippen LogP contribution is 2.44. The molecule has 3 aromatic carbocycles. The van der Waals surface area contributed by atoms with E-state index in [1.165, 1.54) is 22.3 Å². The van der Waals surface area contributed by atoms with Gasteiger partial charge in [-0.25, -0.2) is 4.79 Å². The van der Waals surface area contributed by atoms with Crippen LogP contribution in [-0.2, 0) is 41.6 Å². The van der Waals surface area contributed by atoms with E-state index in [-0.39, 0.29) is 25.7 Å². The monoisotopic (exact) mass is 639 g/mol. The number of ether oxygens (including phenoxy) is 7. The second-order valence-electron chi connectivity index (χ2n) is 10.5. The first-order chi connectivity index (χ1) is 22.7. The summed E-state index contributed by atoms with van der Waals surface area (Å²) in [7, 11) is 0. The minimum atomic E-state index is -0.458. The fourth-order valence-corrected chi connectivity index (χ4v) is 5.07. The van der Waals surface area contributed by atoms with E-state index >= 15 is 0 Å². The standard InChI is InChI=1S/C35H45NO10/c37-24-27-21-28(25-38)23-29(22-27)45-20-19-44-18-17-43-16-15-42-14-13-41-12-11-40-10-9-36-35(39)46-26-34-32-7-3-1-5-30(32)31-6-2-4-8-33(31)34/h1-8,21-23,34,37-38H,9-20,24-26H2,(H,36,39). The zero-order valence-electron chi connectivity index (χ0n) is 26.2. The maximum absolute atomic E-state index is 12.2. The molecule has 4 rings (SSSR count). The highest BCUT2D eigenvalue weighted by atomic mass is 16.6. The van der Waals surface area contributed by atoms with Crippen molar-refractivity contribution in [3.8, 4) is 16.9 Å². The molecular formula is C35H45NO10. The van der Waals surface area contributed by atoms with Gasteiger partial charge in [-0.05, 0) is 45.5 Å². The molecule has 11 heteroatoms. The Bertz CT molecular complexity index is 1250. The summed E-state index contributed by atoms with van der Waals surface area (Å²) in [5.41, 5.74) is 6.14. The van der Waals surface area contributed by atoms with E-state index in [0.717, 1.165) is 0 Å². The third-order valence-corrected chi connectivity index (χ3v) is 7.24. The van der Waals surface area contributed by atoms with E-state index in [2.05, 4.69) is 29.6 Å². The van der Waals surface area contributed by atoms with E-state index in [9.17, 15) is 15.0 Å². The Morgan fingerprint density at radius 1 is 0.609 bits per heavy atom. The van der Waals surface area contributed by atoms with Crippen LogP contribution in [0.1, 0.15) is 28.2 Å². The van der Waals surface area contributed by atoms with Crippen LogP contribution < -0.4 is 10.1 Å². The lowest BCUT2D eigenvalue weighted by Crippen LogP contribution is -2.29. The molecule has 11 nitrogen and oxygen atoms in total. The molecule has 3 N–H and O–H groups in total.